The van der Waals surface area contributed by atoms with E-state index in [0.29, 0.717) is 18.9 Å². The first-order valence-electron chi connectivity index (χ1n) is 10.6. The Hall–Kier alpha value is -2.43. The zero-order chi connectivity index (χ0) is 19.5. The van der Waals surface area contributed by atoms with E-state index in [4.69, 9.17) is 9.97 Å². The molecule has 0 radical (unpaired) electrons. The van der Waals surface area contributed by atoms with Crippen LogP contribution in [0.15, 0.2) is 30.3 Å². The summed E-state index contributed by atoms with van der Waals surface area (Å²) in [5.41, 5.74) is 3.33. The molecule has 5 nitrogen and oxygen atoms in total. The zero-order valence-corrected chi connectivity index (χ0v) is 17.0. The third kappa shape index (κ3) is 4.03. The van der Waals surface area contributed by atoms with E-state index in [1.54, 1.807) is 0 Å². The molecule has 0 saturated carbocycles. The summed E-state index contributed by atoms with van der Waals surface area (Å²) in [5.74, 6) is 2.48. The van der Waals surface area contributed by atoms with Gasteiger partial charge in [-0.15, -0.1) is 0 Å². The molecule has 1 fully saturated rings. The number of amides is 1. The monoisotopic (exact) mass is 378 g/mol. The first-order valence-corrected chi connectivity index (χ1v) is 10.6. The Morgan fingerprint density at radius 2 is 1.79 bits per heavy atom. The van der Waals surface area contributed by atoms with E-state index in [1.165, 1.54) is 19.3 Å². The van der Waals surface area contributed by atoms with E-state index in [-0.39, 0.29) is 5.91 Å². The van der Waals surface area contributed by atoms with Gasteiger partial charge in [-0.1, -0.05) is 44.2 Å². The van der Waals surface area contributed by atoms with Gasteiger partial charge in [0.1, 0.15) is 5.82 Å². The summed E-state index contributed by atoms with van der Waals surface area (Å²) in [6.07, 6.45) is 5.11. The van der Waals surface area contributed by atoms with Crippen molar-refractivity contribution in [3.05, 3.63) is 41.6 Å². The number of carbonyl (C=O) groups excluding carboxylic acids is 1. The van der Waals surface area contributed by atoms with Crippen LogP contribution < -0.4 is 4.90 Å². The maximum absolute atomic E-state index is 12.7. The number of benzene rings is 1. The molecule has 0 spiro atoms. The Bertz CT molecular complexity index is 828. The van der Waals surface area contributed by atoms with Gasteiger partial charge in [0.2, 0.25) is 5.91 Å². The Labute approximate surface area is 167 Å². The quantitative estimate of drug-likeness (QED) is 0.805. The molecule has 2 aromatic rings. The summed E-state index contributed by atoms with van der Waals surface area (Å²) in [6, 6.07) is 10.2. The molecule has 2 aliphatic heterocycles. The lowest BCUT2D eigenvalue weighted by molar-refractivity contribution is -0.132. The second-order valence-corrected chi connectivity index (χ2v) is 8.37. The minimum Gasteiger partial charge on any atom is -0.356 e. The number of hydrogen-bond donors (Lipinski definition) is 0. The highest BCUT2D eigenvalue weighted by Gasteiger charge is 2.28. The lowest BCUT2D eigenvalue weighted by Crippen LogP contribution is -2.39. The fourth-order valence-corrected chi connectivity index (χ4v) is 4.17. The molecule has 1 aromatic carbocycles. The smallest absolute Gasteiger partial charge is 0.223 e. The summed E-state index contributed by atoms with van der Waals surface area (Å²) >= 11 is 0. The molecule has 5 heteroatoms. The maximum Gasteiger partial charge on any atom is 0.223 e. The normalized spacial score (nSPS) is 17.0. The average Bonchev–Trinajstić information content (AvgIpc) is 2.73. The molecule has 1 aromatic heterocycles. The van der Waals surface area contributed by atoms with Gasteiger partial charge in [-0.05, 0) is 25.2 Å². The van der Waals surface area contributed by atoms with Gasteiger partial charge in [-0.25, -0.2) is 9.97 Å². The second kappa shape index (κ2) is 8.29. The first kappa shape index (κ1) is 18.9. The number of aromatic nitrogens is 2. The predicted octanol–water partition coefficient (Wildman–Crippen LogP) is 4.06. The van der Waals surface area contributed by atoms with Crippen molar-refractivity contribution in [3.63, 3.8) is 0 Å². The number of nitrogens with zero attached hydrogens (tertiary/aromatic N) is 4. The molecule has 148 valence electrons. The van der Waals surface area contributed by atoms with Crippen molar-refractivity contribution in [2.75, 3.05) is 24.5 Å². The van der Waals surface area contributed by atoms with E-state index in [9.17, 15) is 4.79 Å². The predicted molar refractivity (Wildman–Crippen MR) is 112 cm³/mol. The molecule has 4 rings (SSSR count). The van der Waals surface area contributed by atoms with Gasteiger partial charge in [0.05, 0.1) is 12.2 Å². The highest BCUT2D eigenvalue weighted by molar-refractivity contribution is 5.77. The third-order valence-corrected chi connectivity index (χ3v) is 5.66. The summed E-state index contributed by atoms with van der Waals surface area (Å²) in [4.78, 5) is 27.0. The summed E-state index contributed by atoms with van der Waals surface area (Å²) in [7, 11) is 0. The van der Waals surface area contributed by atoms with E-state index in [2.05, 4.69) is 30.9 Å². The van der Waals surface area contributed by atoms with E-state index in [1.807, 2.05) is 23.1 Å². The summed E-state index contributed by atoms with van der Waals surface area (Å²) < 4.78 is 0. The number of fused-ring (bicyclic) bond motifs is 1. The average molecular weight is 379 g/mol. The Morgan fingerprint density at radius 3 is 2.50 bits per heavy atom. The van der Waals surface area contributed by atoms with Crippen molar-refractivity contribution in [2.45, 2.75) is 52.5 Å². The second-order valence-electron chi connectivity index (χ2n) is 8.37. The van der Waals surface area contributed by atoms with Gasteiger partial charge in [0.25, 0.3) is 0 Å². The van der Waals surface area contributed by atoms with Crippen LogP contribution in [0, 0.1) is 5.92 Å². The van der Waals surface area contributed by atoms with Gasteiger partial charge in [0, 0.05) is 43.6 Å². The Morgan fingerprint density at radius 1 is 1.04 bits per heavy atom. The SMILES string of the molecule is CC(C)CC(=O)N1CCc2nc(-c3ccccc3)nc(N3CCCCC3)c2C1. The van der Waals surface area contributed by atoms with Crippen LogP contribution in [0.4, 0.5) is 5.82 Å². The molecule has 28 heavy (non-hydrogen) atoms. The highest BCUT2D eigenvalue weighted by Crippen LogP contribution is 2.31. The van der Waals surface area contributed by atoms with Crippen LogP contribution in [-0.2, 0) is 17.8 Å². The van der Waals surface area contributed by atoms with Gasteiger partial charge < -0.3 is 9.80 Å². The number of piperidine rings is 1. The fraction of sp³-hybridized carbons (Fsp3) is 0.522. The van der Waals surface area contributed by atoms with Gasteiger partial charge in [0.15, 0.2) is 5.82 Å². The van der Waals surface area contributed by atoms with E-state index >= 15 is 0 Å². The van der Waals surface area contributed by atoms with Crippen LogP contribution >= 0.6 is 0 Å². The Balaban J connectivity index is 1.71. The zero-order valence-electron chi connectivity index (χ0n) is 17.0. The van der Waals surface area contributed by atoms with Gasteiger partial charge in [-0.2, -0.15) is 0 Å². The van der Waals surface area contributed by atoms with Gasteiger partial charge >= 0.3 is 0 Å². The van der Waals surface area contributed by atoms with Crippen molar-refractivity contribution in [1.29, 1.82) is 0 Å². The number of hydrogen-bond acceptors (Lipinski definition) is 4. The molecule has 0 N–H and O–H groups in total. The largest absolute Gasteiger partial charge is 0.356 e. The number of anilines is 1. The number of rotatable bonds is 4. The lowest BCUT2D eigenvalue weighted by atomic mass is 10.0. The minimum atomic E-state index is 0.248. The fourth-order valence-electron chi connectivity index (χ4n) is 4.17. The highest BCUT2D eigenvalue weighted by atomic mass is 16.2. The molecule has 0 unspecified atom stereocenters. The first-order chi connectivity index (χ1) is 13.6. The summed E-state index contributed by atoms with van der Waals surface area (Å²) in [5, 5.41) is 0. The molecule has 1 saturated heterocycles. The van der Waals surface area contributed by atoms with Crippen LogP contribution in [-0.4, -0.2) is 40.4 Å². The molecular formula is C23H30N4O. The molecule has 0 bridgehead atoms. The molecule has 2 aliphatic rings. The van der Waals surface area contributed by atoms with Crippen molar-refractivity contribution in [2.24, 2.45) is 5.92 Å². The minimum absolute atomic E-state index is 0.248. The van der Waals surface area contributed by atoms with Gasteiger partial charge in [-0.3, -0.25) is 4.79 Å². The molecule has 1 amide bonds. The van der Waals surface area contributed by atoms with Crippen LogP contribution in [0.2, 0.25) is 0 Å². The van der Waals surface area contributed by atoms with Crippen LogP contribution in [0.3, 0.4) is 0 Å². The van der Waals surface area contributed by atoms with Crippen molar-refractivity contribution < 1.29 is 4.79 Å². The van der Waals surface area contributed by atoms with Crippen LogP contribution in [0.25, 0.3) is 11.4 Å². The molecular weight excluding hydrogens is 348 g/mol. The van der Waals surface area contributed by atoms with Crippen molar-refractivity contribution in [1.82, 2.24) is 14.9 Å². The summed E-state index contributed by atoms with van der Waals surface area (Å²) in [6.45, 7) is 7.68. The molecule has 0 aliphatic carbocycles. The molecule has 0 atom stereocenters. The maximum atomic E-state index is 12.7. The Kier molecular flexibility index (Phi) is 5.60. The van der Waals surface area contributed by atoms with Crippen LogP contribution in [0.1, 0.15) is 50.8 Å². The van der Waals surface area contributed by atoms with Crippen LogP contribution in [0.5, 0.6) is 0 Å². The topological polar surface area (TPSA) is 49.3 Å². The van der Waals surface area contributed by atoms with Crippen molar-refractivity contribution >= 4 is 11.7 Å². The van der Waals surface area contributed by atoms with Crippen molar-refractivity contribution in [3.8, 4) is 11.4 Å². The molecule has 3 heterocycles. The lowest BCUT2D eigenvalue weighted by Gasteiger charge is -2.35. The van der Waals surface area contributed by atoms with E-state index < -0.39 is 0 Å². The standard InChI is InChI=1S/C23H30N4O/c1-17(2)15-21(28)27-14-11-20-19(16-27)23(26-12-7-4-8-13-26)25-22(24-20)18-9-5-3-6-10-18/h3,5-6,9-10,17H,4,7-8,11-16H2,1-2H3. The van der Waals surface area contributed by atoms with E-state index in [0.717, 1.165) is 54.5 Å². The third-order valence-electron chi connectivity index (χ3n) is 5.66. The number of carbonyl (C=O) groups is 1.